The standard InChI is InChI=1S/C18H13ClF2N2O3S/c1-2-13(17(25)26)23-14-8-11(20)7-12(21)15(14)27-18(23)22-16(24)9-4-3-5-10(19)6-9/h3-8,13H,2H2,1H3,(H,25,26)/b22-18-. The zero-order chi connectivity index (χ0) is 19.7. The number of aliphatic carboxylic acids is 1. The van der Waals surface area contributed by atoms with Gasteiger partial charge in [0, 0.05) is 16.7 Å². The molecule has 0 aliphatic carbocycles. The number of nitrogens with zero attached hydrogens (tertiary/aromatic N) is 2. The summed E-state index contributed by atoms with van der Waals surface area (Å²) in [5.74, 6) is -3.56. The van der Waals surface area contributed by atoms with Crippen LogP contribution in [0.1, 0.15) is 29.7 Å². The lowest BCUT2D eigenvalue weighted by Crippen LogP contribution is -2.27. The van der Waals surface area contributed by atoms with E-state index in [1.807, 2.05) is 0 Å². The molecular formula is C18H13ClF2N2O3S. The van der Waals surface area contributed by atoms with Crippen molar-refractivity contribution in [3.63, 3.8) is 0 Å². The summed E-state index contributed by atoms with van der Waals surface area (Å²) in [5.41, 5.74) is 0.228. The number of carbonyl (C=O) groups excluding carboxylic acids is 1. The van der Waals surface area contributed by atoms with Crippen LogP contribution in [0.4, 0.5) is 8.78 Å². The Bertz CT molecular complexity index is 1120. The third-order valence-corrected chi connectivity index (χ3v) is 5.21. The quantitative estimate of drug-likeness (QED) is 0.692. The first-order valence-electron chi connectivity index (χ1n) is 7.89. The van der Waals surface area contributed by atoms with E-state index >= 15 is 0 Å². The van der Waals surface area contributed by atoms with E-state index in [4.69, 9.17) is 11.6 Å². The number of hydrogen-bond acceptors (Lipinski definition) is 3. The second-order valence-corrected chi connectivity index (χ2v) is 7.09. The number of hydrogen-bond donors (Lipinski definition) is 1. The molecule has 2 aromatic carbocycles. The van der Waals surface area contributed by atoms with Crippen molar-refractivity contribution in [2.45, 2.75) is 19.4 Å². The van der Waals surface area contributed by atoms with Gasteiger partial charge in [0.2, 0.25) is 0 Å². The molecule has 9 heteroatoms. The Morgan fingerprint density at radius 1 is 1.30 bits per heavy atom. The normalized spacial score (nSPS) is 13.1. The maximum atomic E-state index is 14.2. The Hall–Kier alpha value is -2.58. The maximum Gasteiger partial charge on any atom is 0.326 e. The largest absolute Gasteiger partial charge is 0.480 e. The molecule has 0 radical (unpaired) electrons. The molecular weight excluding hydrogens is 398 g/mol. The molecule has 1 N–H and O–H groups in total. The summed E-state index contributed by atoms with van der Waals surface area (Å²) >= 11 is 6.66. The molecule has 1 aromatic heterocycles. The van der Waals surface area contributed by atoms with Crippen LogP contribution in [0.3, 0.4) is 0 Å². The van der Waals surface area contributed by atoms with Gasteiger partial charge in [-0.05, 0) is 30.7 Å². The predicted molar refractivity (Wildman–Crippen MR) is 98.0 cm³/mol. The van der Waals surface area contributed by atoms with Gasteiger partial charge in [0.05, 0.1) is 10.2 Å². The highest BCUT2D eigenvalue weighted by Crippen LogP contribution is 2.26. The zero-order valence-corrected chi connectivity index (χ0v) is 15.5. The molecule has 0 saturated carbocycles. The monoisotopic (exact) mass is 410 g/mol. The van der Waals surface area contributed by atoms with Crippen molar-refractivity contribution in [2.24, 2.45) is 4.99 Å². The molecule has 3 aromatic rings. The first-order chi connectivity index (χ1) is 12.8. The van der Waals surface area contributed by atoms with Crippen LogP contribution >= 0.6 is 22.9 Å². The van der Waals surface area contributed by atoms with Gasteiger partial charge < -0.3 is 9.67 Å². The topological polar surface area (TPSA) is 71.7 Å². The Balaban J connectivity index is 2.30. The number of carboxylic acids is 1. The van der Waals surface area contributed by atoms with Crippen molar-refractivity contribution in [1.82, 2.24) is 4.57 Å². The smallest absolute Gasteiger partial charge is 0.326 e. The highest BCUT2D eigenvalue weighted by Gasteiger charge is 2.24. The number of rotatable bonds is 4. The van der Waals surface area contributed by atoms with Crippen LogP contribution in [-0.4, -0.2) is 21.6 Å². The van der Waals surface area contributed by atoms with Gasteiger partial charge in [0.15, 0.2) is 4.80 Å². The molecule has 0 spiro atoms. The van der Waals surface area contributed by atoms with Crippen LogP contribution in [-0.2, 0) is 4.79 Å². The first kappa shape index (κ1) is 19.2. The lowest BCUT2D eigenvalue weighted by atomic mass is 10.2. The van der Waals surface area contributed by atoms with Crippen LogP contribution in [0.2, 0.25) is 5.02 Å². The highest BCUT2D eigenvalue weighted by molar-refractivity contribution is 7.16. The Kier molecular flexibility index (Phi) is 5.38. The Morgan fingerprint density at radius 2 is 2.04 bits per heavy atom. The summed E-state index contributed by atoms with van der Waals surface area (Å²) in [6.45, 7) is 1.62. The van der Waals surface area contributed by atoms with E-state index in [2.05, 4.69) is 4.99 Å². The first-order valence-corrected chi connectivity index (χ1v) is 9.08. The second kappa shape index (κ2) is 7.58. The number of amides is 1. The molecule has 0 bridgehead atoms. The minimum atomic E-state index is -1.20. The lowest BCUT2D eigenvalue weighted by molar-refractivity contribution is -0.140. The van der Waals surface area contributed by atoms with Crippen LogP contribution in [0.5, 0.6) is 0 Å². The fraction of sp³-hybridized carbons (Fsp3) is 0.167. The van der Waals surface area contributed by atoms with E-state index in [-0.39, 0.29) is 27.0 Å². The van der Waals surface area contributed by atoms with Crippen molar-refractivity contribution in [3.8, 4) is 0 Å². The van der Waals surface area contributed by atoms with Gasteiger partial charge in [-0.2, -0.15) is 4.99 Å². The van der Waals surface area contributed by atoms with Gasteiger partial charge in [-0.1, -0.05) is 35.9 Å². The van der Waals surface area contributed by atoms with E-state index in [0.29, 0.717) is 11.1 Å². The molecule has 5 nitrogen and oxygen atoms in total. The van der Waals surface area contributed by atoms with E-state index in [1.165, 1.54) is 16.7 Å². The number of carbonyl (C=O) groups is 2. The number of carboxylic acid groups (broad SMARTS) is 1. The van der Waals surface area contributed by atoms with E-state index < -0.39 is 29.6 Å². The van der Waals surface area contributed by atoms with Crippen molar-refractivity contribution in [1.29, 1.82) is 0 Å². The molecule has 0 fully saturated rings. The van der Waals surface area contributed by atoms with Gasteiger partial charge in [0.25, 0.3) is 5.91 Å². The summed E-state index contributed by atoms with van der Waals surface area (Å²) in [7, 11) is 0. The summed E-state index contributed by atoms with van der Waals surface area (Å²) in [5, 5.41) is 9.85. The van der Waals surface area contributed by atoms with Crippen LogP contribution in [0.15, 0.2) is 41.4 Å². The Labute approximate surface area is 161 Å². The third-order valence-electron chi connectivity index (χ3n) is 3.90. The molecule has 1 atom stereocenters. The predicted octanol–water partition coefficient (Wildman–Crippen LogP) is 4.41. The third kappa shape index (κ3) is 3.77. The minimum absolute atomic E-state index is 0.0220. The molecule has 0 aliphatic rings. The van der Waals surface area contributed by atoms with Gasteiger partial charge in [-0.25, -0.2) is 13.6 Å². The number of benzene rings is 2. The van der Waals surface area contributed by atoms with Crippen molar-refractivity contribution < 1.29 is 23.5 Å². The van der Waals surface area contributed by atoms with Crippen molar-refractivity contribution in [3.05, 3.63) is 63.4 Å². The molecule has 1 heterocycles. The highest BCUT2D eigenvalue weighted by atomic mass is 35.5. The van der Waals surface area contributed by atoms with Gasteiger partial charge in [0.1, 0.15) is 17.7 Å². The number of thiazole rings is 1. The van der Waals surface area contributed by atoms with Gasteiger partial charge >= 0.3 is 5.97 Å². The fourth-order valence-electron chi connectivity index (χ4n) is 2.69. The van der Waals surface area contributed by atoms with E-state index in [1.54, 1.807) is 19.1 Å². The summed E-state index contributed by atoms with van der Waals surface area (Å²) in [6.07, 6.45) is 0.137. The van der Waals surface area contributed by atoms with Gasteiger partial charge in [-0.15, -0.1) is 0 Å². The molecule has 1 unspecified atom stereocenters. The number of aromatic nitrogens is 1. The summed E-state index contributed by atoms with van der Waals surface area (Å²) < 4.78 is 29.1. The molecule has 27 heavy (non-hydrogen) atoms. The fourth-order valence-corrected chi connectivity index (χ4v) is 3.93. The zero-order valence-electron chi connectivity index (χ0n) is 13.9. The molecule has 0 aliphatic heterocycles. The molecule has 0 saturated heterocycles. The summed E-state index contributed by atoms with van der Waals surface area (Å²) in [6, 6.07) is 6.69. The van der Waals surface area contributed by atoms with Crippen LogP contribution < -0.4 is 4.80 Å². The van der Waals surface area contributed by atoms with Crippen LogP contribution in [0, 0.1) is 11.6 Å². The van der Waals surface area contributed by atoms with E-state index in [9.17, 15) is 23.5 Å². The number of fused-ring (bicyclic) bond motifs is 1. The minimum Gasteiger partial charge on any atom is -0.480 e. The average Bonchev–Trinajstić information content (AvgIpc) is 2.94. The van der Waals surface area contributed by atoms with E-state index in [0.717, 1.165) is 17.4 Å². The van der Waals surface area contributed by atoms with Gasteiger partial charge in [-0.3, -0.25) is 4.79 Å². The average molecular weight is 411 g/mol. The number of halogens is 3. The molecule has 3 rings (SSSR count). The lowest BCUT2D eigenvalue weighted by Gasteiger charge is -2.13. The SMILES string of the molecule is CCC(C(=O)O)n1/c(=N/C(=O)c2cccc(Cl)c2)sc2c(F)cc(F)cc21. The second-order valence-electron chi connectivity index (χ2n) is 5.68. The summed E-state index contributed by atoms with van der Waals surface area (Å²) in [4.78, 5) is 28.1. The Morgan fingerprint density at radius 3 is 2.67 bits per heavy atom. The molecule has 1 amide bonds. The maximum absolute atomic E-state index is 14.2. The van der Waals surface area contributed by atoms with Crippen molar-refractivity contribution in [2.75, 3.05) is 0 Å². The van der Waals surface area contributed by atoms with Crippen molar-refractivity contribution >= 4 is 45.0 Å². The van der Waals surface area contributed by atoms with Crippen LogP contribution in [0.25, 0.3) is 10.2 Å². The molecule has 140 valence electrons.